The predicted molar refractivity (Wildman–Crippen MR) is 65.7 cm³/mol. The number of hydrogen-bond donors (Lipinski definition) is 1. The molecule has 1 nitrogen and oxygen atoms in total. The Kier molecular flexibility index (Phi) is 4.07. The van der Waals surface area contributed by atoms with Crippen molar-refractivity contribution in [1.82, 2.24) is 0 Å². The SMILES string of the molecule is CCC1CCC(N)C(C2CCCCC2)C1. The molecule has 0 amide bonds. The normalized spacial score (nSPS) is 39.2. The van der Waals surface area contributed by atoms with Crippen LogP contribution >= 0.6 is 0 Å². The summed E-state index contributed by atoms with van der Waals surface area (Å²) in [7, 11) is 0. The third kappa shape index (κ3) is 2.75. The van der Waals surface area contributed by atoms with Crippen LogP contribution in [0.3, 0.4) is 0 Å². The zero-order chi connectivity index (χ0) is 10.7. The fourth-order valence-corrected chi connectivity index (χ4v) is 3.79. The van der Waals surface area contributed by atoms with Crippen LogP contribution in [0.1, 0.15) is 64.7 Å². The Morgan fingerprint density at radius 1 is 1.00 bits per heavy atom. The molecule has 0 spiro atoms. The van der Waals surface area contributed by atoms with Crippen LogP contribution in [0, 0.1) is 17.8 Å². The summed E-state index contributed by atoms with van der Waals surface area (Å²) in [5.41, 5.74) is 6.33. The molecule has 88 valence electrons. The van der Waals surface area contributed by atoms with Crippen molar-refractivity contribution in [3.8, 4) is 0 Å². The molecule has 0 aromatic heterocycles. The third-order valence-electron chi connectivity index (χ3n) is 4.90. The van der Waals surface area contributed by atoms with Crippen LogP contribution in [0.15, 0.2) is 0 Å². The number of nitrogens with two attached hydrogens (primary N) is 1. The molecule has 2 fully saturated rings. The summed E-state index contributed by atoms with van der Waals surface area (Å²) in [6.07, 6.45) is 12.8. The molecular weight excluding hydrogens is 182 g/mol. The Balaban J connectivity index is 1.92. The third-order valence-corrected chi connectivity index (χ3v) is 4.90. The lowest BCUT2D eigenvalue weighted by Crippen LogP contribution is -2.40. The van der Waals surface area contributed by atoms with E-state index in [-0.39, 0.29) is 0 Å². The van der Waals surface area contributed by atoms with E-state index in [0.717, 1.165) is 17.8 Å². The van der Waals surface area contributed by atoms with E-state index in [1.807, 2.05) is 0 Å². The van der Waals surface area contributed by atoms with Crippen LogP contribution in [0.2, 0.25) is 0 Å². The topological polar surface area (TPSA) is 26.0 Å². The molecule has 2 rings (SSSR count). The van der Waals surface area contributed by atoms with Crippen molar-refractivity contribution < 1.29 is 0 Å². The zero-order valence-electron chi connectivity index (χ0n) is 10.3. The lowest BCUT2D eigenvalue weighted by molar-refractivity contribution is 0.135. The second kappa shape index (κ2) is 5.34. The Hall–Kier alpha value is -0.0400. The first-order chi connectivity index (χ1) is 7.31. The summed E-state index contributed by atoms with van der Waals surface area (Å²) in [6, 6.07) is 0.524. The molecule has 0 heterocycles. The minimum Gasteiger partial charge on any atom is -0.327 e. The highest BCUT2D eigenvalue weighted by Crippen LogP contribution is 2.40. The summed E-state index contributed by atoms with van der Waals surface area (Å²) in [5.74, 6) is 2.82. The molecule has 2 saturated carbocycles. The van der Waals surface area contributed by atoms with Gasteiger partial charge in [-0.3, -0.25) is 0 Å². The fourth-order valence-electron chi connectivity index (χ4n) is 3.79. The van der Waals surface area contributed by atoms with Crippen molar-refractivity contribution in [2.75, 3.05) is 0 Å². The largest absolute Gasteiger partial charge is 0.327 e. The van der Waals surface area contributed by atoms with Crippen LogP contribution in [0.5, 0.6) is 0 Å². The smallest absolute Gasteiger partial charge is 0.00700 e. The molecule has 2 N–H and O–H groups in total. The van der Waals surface area contributed by atoms with Gasteiger partial charge in [-0.25, -0.2) is 0 Å². The summed E-state index contributed by atoms with van der Waals surface area (Å²) < 4.78 is 0. The van der Waals surface area contributed by atoms with Gasteiger partial charge < -0.3 is 5.73 Å². The molecule has 0 bridgehead atoms. The second-order valence-corrected chi connectivity index (χ2v) is 5.81. The number of hydrogen-bond acceptors (Lipinski definition) is 1. The van der Waals surface area contributed by atoms with Gasteiger partial charge in [0.25, 0.3) is 0 Å². The summed E-state index contributed by atoms with van der Waals surface area (Å²) in [6.45, 7) is 2.35. The Bertz CT molecular complexity index is 184. The molecule has 0 saturated heterocycles. The van der Waals surface area contributed by atoms with Crippen LogP contribution in [0.4, 0.5) is 0 Å². The van der Waals surface area contributed by atoms with Crippen molar-refractivity contribution in [2.24, 2.45) is 23.5 Å². The maximum absolute atomic E-state index is 6.33. The van der Waals surface area contributed by atoms with Crippen molar-refractivity contribution in [1.29, 1.82) is 0 Å². The van der Waals surface area contributed by atoms with Gasteiger partial charge in [0.15, 0.2) is 0 Å². The van der Waals surface area contributed by atoms with E-state index >= 15 is 0 Å². The van der Waals surface area contributed by atoms with Gasteiger partial charge in [0.05, 0.1) is 0 Å². The highest BCUT2D eigenvalue weighted by molar-refractivity contribution is 4.87. The van der Waals surface area contributed by atoms with Crippen molar-refractivity contribution in [3.63, 3.8) is 0 Å². The minimum absolute atomic E-state index is 0.524. The molecule has 0 aromatic rings. The van der Waals surface area contributed by atoms with E-state index < -0.39 is 0 Å². The molecular formula is C14H27N. The van der Waals surface area contributed by atoms with Crippen LogP contribution in [-0.4, -0.2) is 6.04 Å². The van der Waals surface area contributed by atoms with Gasteiger partial charge in [0.2, 0.25) is 0 Å². The van der Waals surface area contributed by atoms with E-state index in [4.69, 9.17) is 5.73 Å². The zero-order valence-corrected chi connectivity index (χ0v) is 10.3. The van der Waals surface area contributed by atoms with Gasteiger partial charge >= 0.3 is 0 Å². The van der Waals surface area contributed by atoms with E-state index in [0.29, 0.717) is 6.04 Å². The van der Waals surface area contributed by atoms with Gasteiger partial charge in [-0.05, 0) is 37.0 Å². The molecule has 3 unspecified atom stereocenters. The molecule has 15 heavy (non-hydrogen) atoms. The van der Waals surface area contributed by atoms with Gasteiger partial charge in [-0.1, -0.05) is 45.4 Å². The standard InChI is InChI=1S/C14H27N/c1-2-11-8-9-14(15)13(10-11)12-6-4-3-5-7-12/h11-14H,2-10,15H2,1H3. The Morgan fingerprint density at radius 3 is 2.40 bits per heavy atom. The van der Waals surface area contributed by atoms with E-state index in [1.54, 1.807) is 0 Å². The minimum atomic E-state index is 0.524. The average molecular weight is 209 g/mol. The average Bonchev–Trinajstić information content (AvgIpc) is 2.31. The van der Waals surface area contributed by atoms with Crippen molar-refractivity contribution in [2.45, 2.75) is 70.8 Å². The molecule has 0 aromatic carbocycles. The van der Waals surface area contributed by atoms with Crippen LogP contribution < -0.4 is 5.73 Å². The highest BCUT2D eigenvalue weighted by atomic mass is 14.7. The lowest BCUT2D eigenvalue weighted by atomic mass is 9.68. The highest BCUT2D eigenvalue weighted by Gasteiger charge is 2.33. The second-order valence-electron chi connectivity index (χ2n) is 5.81. The maximum Gasteiger partial charge on any atom is 0.00700 e. The monoisotopic (exact) mass is 209 g/mol. The van der Waals surface area contributed by atoms with E-state index in [1.165, 1.54) is 57.8 Å². The molecule has 2 aliphatic carbocycles. The van der Waals surface area contributed by atoms with Gasteiger partial charge in [-0.2, -0.15) is 0 Å². The quantitative estimate of drug-likeness (QED) is 0.737. The van der Waals surface area contributed by atoms with E-state index in [9.17, 15) is 0 Å². The Morgan fingerprint density at radius 2 is 1.73 bits per heavy atom. The molecule has 2 aliphatic rings. The first kappa shape index (κ1) is 11.4. The van der Waals surface area contributed by atoms with Gasteiger partial charge in [0, 0.05) is 6.04 Å². The van der Waals surface area contributed by atoms with Crippen molar-refractivity contribution >= 4 is 0 Å². The molecule has 3 atom stereocenters. The van der Waals surface area contributed by atoms with Crippen LogP contribution in [-0.2, 0) is 0 Å². The predicted octanol–water partition coefficient (Wildman–Crippen LogP) is 3.72. The molecule has 0 radical (unpaired) electrons. The summed E-state index contributed by atoms with van der Waals surface area (Å²) >= 11 is 0. The maximum atomic E-state index is 6.33. The molecule has 0 aliphatic heterocycles. The molecule has 1 heteroatoms. The first-order valence-corrected chi connectivity index (χ1v) is 7.06. The summed E-state index contributed by atoms with van der Waals surface area (Å²) in [4.78, 5) is 0. The Labute approximate surface area is 94.8 Å². The first-order valence-electron chi connectivity index (χ1n) is 7.06. The van der Waals surface area contributed by atoms with Gasteiger partial charge in [0.1, 0.15) is 0 Å². The van der Waals surface area contributed by atoms with Crippen molar-refractivity contribution in [3.05, 3.63) is 0 Å². The lowest BCUT2D eigenvalue weighted by Gasteiger charge is -2.40. The number of rotatable bonds is 2. The fraction of sp³-hybridized carbons (Fsp3) is 1.00. The summed E-state index contributed by atoms with van der Waals surface area (Å²) in [5, 5.41) is 0. The van der Waals surface area contributed by atoms with E-state index in [2.05, 4.69) is 6.92 Å². The van der Waals surface area contributed by atoms with Crippen LogP contribution in [0.25, 0.3) is 0 Å². The van der Waals surface area contributed by atoms with Gasteiger partial charge in [-0.15, -0.1) is 0 Å².